The molecular weight excluding hydrogens is 533 g/mol. The zero-order chi connectivity index (χ0) is 26.5. The molecule has 0 radical (unpaired) electrons. The van der Waals surface area contributed by atoms with Gasteiger partial charge in [-0.3, -0.25) is 14.9 Å². The van der Waals surface area contributed by atoms with Gasteiger partial charge in [-0.25, -0.2) is 4.99 Å². The highest BCUT2D eigenvalue weighted by Gasteiger charge is 2.35. The predicted octanol–water partition coefficient (Wildman–Crippen LogP) is 4.77. The molecule has 200 valence electrons. The Balaban J connectivity index is 0.00000400. The number of aliphatic imine (C=N–C) groups is 1. The fourth-order valence-corrected chi connectivity index (χ4v) is 4.19. The van der Waals surface area contributed by atoms with Gasteiger partial charge in [-0.15, -0.1) is 12.4 Å². The Morgan fingerprint density at radius 2 is 1.89 bits per heavy atom. The van der Waals surface area contributed by atoms with Crippen LogP contribution in [0.15, 0.2) is 71.7 Å². The number of benzene rings is 3. The molecule has 4 rings (SSSR count). The van der Waals surface area contributed by atoms with Crippen molar-refractivity contribution in [3.05, 3.63) is 93.0 Å². The van der Waals surface area contributed by atoms with E-state index in [4.69, 9.17) is 32.5 Å². The van der Waals surface area contributed by atoms with E-state index in [9.17, 15) is 14.9 Å². The molecule has 0 spiro atoms. The number of hydrogen-bond donors (Lipinski definition) is 2. The first-order valence-electron chi connectivity index (χ1n) is 11.5. The average Bonchev–Trinajstić information content (AvgIpc) is 2.87. The van der Waals surface area contributed by atoms with Gasteiger partial charge < -0.3 is 25.8 Å². The highest BCUT2D eigenvalue weighted by Crippen LogP contribution is 2.39. The molecule has 10 nitrogen and oxygen atoms in total. The van der Waals surface area contributed by atoms with Gasteiger partial charge >= 0.3 is 0 Å². The van der Waals surface area contributed by atoms with Gasteiger partial charge in [0.15, 0.2) is 17.8 Å². The monoisotopic (exact) mass is 559 g/mol. The van der Waals surface area contributed by atoms with Crippen molar-refractivity contribution in [2.24, 2.45) is 16.5 Å². The smallest absolute Gasteiger partial charge is 0.273 e. The van der Waals surface area contributed by atoms with Crippen molar-refractivity contribution < 1.29 is 19.2 Å². The maximum absolute atomic E-state index is 13.4. The van der Waals surface area contributed by atoms with E-state index in [2.05, 4.69) is 4.99 Å². The fraction of sp³-hybridized carbons (Fsp3) is 0.231. The quantitative estimate of drug-likeness (QED) is 0.166. The molecular formula is C26H27Cl2N5O5. The zero-order valence-electron chi connectivity index (χ0n) is 20.5. The van der Waals surface area contributed by atoms with Crippen LogP contribution in [0.25, 0.3) is 0 Å². The number of halogens is 2. The summed E-state index contributed by atoms with van der Waals surface area (Å²) < 4.78 is 11.7. The molecule has 0 saturated carbocycles. The third-order valence-electron chi connectivity index (χ3n) is 5.90. The summed E-state index contributed by atoms with van der Waals surface area (Å²) in [6, 6.07) is 18.5. The number of nitrogens with zero attached hydrogens (tertiary/aromatic N) is 3. The maximum Gasteiger partial charge on any atom is 0.273 e. The van der Waals surface area contributed by atoms with E-state index in [1.165, 1.54) is 23.1 Å². The Kier molecular flexibility index (Phi) is 9.38. The van der Waals surface area contributed by atoms with Gasteiger partial charge in [0.1, 0.15) is 5.75 Å². The molecule has 0 fully saturated rings. The summed E-state index contributed by atoms with van der Waals surface area (Å²) in [4.78, 5) is 29.9. The number of guanidine groups is 1. The number of non-ortho nitro benzene ring substituents is 1. The molecule has 2 atom stereocenters. The fourth-order valence-electron chi connectivity index (χ4n) is 4.00. The van der Waals surface area contributed by atoms with Gasteiger partial charge in [-0.1, -0.05) is 41.9 Å². The summed E-state index contributed by atoms with van der Waals surface area (Å²) in [6.45, 7) is 2.25. The molecule has 0 aliphatic carbocycles. The molecule has 38 heavy (non-hydrogen) atoms. The van der Waals surface area contributed by atoms with Gasteiger partial charge in [0.05, 0.1) is 35.9 Å². The van der Waals surface area contributed by atoms with Gasteiger partial charge in [0.25, 0.3) is 11.6 Å². The zero-order valence-corrected chi connectivity index (χ0v) is 22.0. The lowest BCUT2D eigenvalue weighted by Crippen LogP contribution is -2.46. The SMILES string of the molecule is CC(N=C(N)N)c1ccc(OCCC2Oc3cc([N+](=O)[O-])ccc3N(Cc3ccccc3Cl)C2=O)cc1.Cl. The Bertz CT molecular complexity index is 1330. The summed E-state index contributed by atoms with van der Waals surface area (Å²) in [5, 5.41) is 11.8. The van der Waals surface area contributed by atoms with Crippen LogP contribution in [0.5, 0.6) is 11.5 Å². The Hall–Kier alpha value is -4.02. The number of nitro benzene ring substituents is 1. The van der Waals surface area contributed by atoms with Crippen molar-refractivity contribution in [1.82, 2.24) is 0 Å². The number of rotatable bonds is 9. The van der Waals surface area contributed by atoms with Crippen molar-refractivity contribution in [1.29, 1.82) is 0 Å². The summed E-state index contributed by atoms with van der Waals surface area (Å²) >= 11 is 6.33. The van der Waals surface area contributed by atoms with Crippen molar-refractivity contribution in [2.45, 2.75) is 32.0 Å². The van der Waals surface area contributed by atoms with Crippen molar-refractivity contribution in [3.63, 3.8) is 0 Å². The number of carbonyl (C=O) groups is 1. The van der Waals surface area contributed by atoms with E-state index >= 15 is 0 Å². The number of nitro groups is 1. The molecule has 1 aliphatic rings. The van der Waals surface area contributed by atoms with E-state index in [1.54, 1.807) is 24.3 Å². The number of nitrogens with two attached hydrogens (primary N) is 2. The first-order chi connectivity index (χ1) is 17.7. The van der Waals surface area contributed by atoms with E-state index in [-0.39, 0.29) is 61.3 Å². The third kappa shape index (κ3) is 6.64. The lowest BCUT2D eigenvalue weighted by atomic mass is 10.1. The number of amides is 1. The normalized spacial score (nSPS) is 14.9. The van der Waals surface area contributed by atoms with Crippen LogP contribution >= 0.6 is 24.0 Å². The lowest BCUT2D eigenvalue weighted by molar-refractivity contribution is -0.384. The Morgan fingerprint density at radius 3 is 2.55 bits per heavy atom. The van der Waals surface area contributed by atoms with Crippen LogP contribution < -0.4 is 25.8 Å². The largest absolute Gasteiger partial charge is 0.493 e. The minimum Gasteiger partial charge on any atom is -0.493 e. The van der Waals surface area contributed by atoms with E-state index in [1.807, 2.05) is 31.2 Å². The van der Waals surface area contributed by atoms with Crippen LogP contribution in [0.1, 0.15) is 30.5 Å². The average molecular weight is 560 g/mol. The Morgan fingerprint density at radius 1 is 1.18 bits per heavy atom. The van der Waals surface area contributed by atoms with E-state index in [0.717, 1.165) is 11.1 Å². The molecule has 0 bridgehead atoms. The second-order valence-corrected chi connectivity index (χ2v) is 8.87. The summed E-state index contributed by atoms with van der Waals surface area (Å²) in [7, 11) is 0. The minimum atomic E-state index is -0.891. The van der Waals surface area contributed by atoms with Gasteiger partial charge in [-0.05, 0) is 42.3 Å². The first-order valence-corrected chi connectivity index (χ1v) is 11.9. The molecule has 12 heteroatoms. The second-order valence-electron chi connectivity index (χ2n) is 8.47. The highest BCUT2D eigenvalue weighted by atomic mass is 35.5. The Labute approximate surface area is 230 Å². The number of hydrogen-bond acceptors (Lipinski definition) is 6. The van der Waals surface area contributed by atoms with Gasteiger partial charge in [-0.2, -0.15) is 0 Å². The molecule has 4 N–H and O–H groups in total. The summed E-state index contributed by atoms with van der Waals surface area (Å²) in [5.41, 5.74) is 12.9. The van der Waals surface area contributed by atoms with Gasteiger partial charge in [0.2, 0.25) is 0 Å². The second kappa shape index (κ2) is 12.5. The molecule has 3 aromatic rings. The summed E-state index contributed by atoms with van der Waals surface area (Å²) in [6.07, 6.45) is -0.662. The van der Waals surface area contributed by atoms with E-state index in [0.29, 0.717) is 16.5 Å². The first kappa shape index (κ1) is 28.5. The van der Waals surface area contributed by atoms with E-state index < -0.39 is 11.0 Å². The molecule has 0 aromatic heterocycles. The number of ether oxygens (including phenoxy) is 2. The predicted molar refractivity (Wildman–Crippen MR) is 148 cm³/mol. The standard InChI is InChI=1S/C26H26ClN5O5.ClH/c1-16(30-26(28)29)17-6-9-20(10-7-17)36-13-12-23-25(33)31(15-18-4-2-3-5-21(18)27)22-11-8-19(32(34)35)14-24(22)37-23;/h2-11,14,16,23H,12-13,15H2,1H3,(H4,28,29,30);1H. The number of fused-ring (bicyclic) bond motifs is 1. The van der Waals surface area contributed by atoms with Crippen molar-refractivity contribution in [2.75, 3.05) is 11.5 Å². The molecule has 3 aromatic carbocycles. The molecule has 0 saturated heterocycles. The molecule has 1 amide bonds. The summed E-state index contributed by atoms with van der Waals surface area (Å²) in [5.74, 6) is 0.587. The van der Waals surface area contributed by atoms with Crippen molar-refractivity contribution in [3.8, 4) is 11.5 Å². The molecule has 1 aliphatic heterocycles. The minimum absolute atomic E-state index is 0. The van der Waals surface area contributed by atoms with Crippen LogP contribution in [0, 0.1) is 10.1 Å². The highest BCUT2D eigenvalue weighted by molar-refractivity contribution is 6.31. The molecule has 1 heterocycles. The van der Waals surface area contributed by atoms with Crippen LogP contribution in [-0.4, -0.2) is 29.5 Å². The van der Waals surface area contributed by atoms with Crippen LogP contribution in [0.2, 0.25) is 5.02 Å². The van der Waals surface area contributed by atoms with Gasteiger partial charge in [0, 0.05) is 17.5 Å². The maximum atomic E-state index is 13.4. The molecule has 2 unspecified atom stereocenters. The third-order valence-corrected chi connectivity index (χ3v) is 6.26. The number of anilines is 1. The van der Waals surface area contributed by atoms with Crippen molar-refractivity contribution >= 4 is 47.2 Å². The van der Waals surface area contributed by atoms with Crippen LogP contribution in [0.3, 0.4) is 0 Å². The lowest BCUT2D eigenvalue weighted by Gasteiger charge is -2.34. The number of carbonyl (C=O) groups excluding carboxylic acids is 1. The van der Waals surface area contributed by atoms with Crippen LogP contribution in [0.4, 0.5) is 11.4 Å². The topological polar surface area (TPSA) is 146 Å². The van der Waals surface area contributed by atoms with Crippen LogP contribution in [-0.2, 0) is 11.3 Å².